The van der Waals surface area contributed by atoms with Crippen LogP contribution in [0.2, 0.25) is 0 Å². The number of carbonyl (C=O) groups is 2. The number of methoxy groups -OCH3 is 2. The summed E-state index contributed by atoms with van der Waals surface area (Å²) in [7, 11) is 2.48. The van der Waals surface area contributed by atoms with E-state index < -0.39 is 11.9 Å². The number of hydrogen-bond acceptors (Lipinski definition) is 6. The Labute approximate surface area is 156 Å². The van der Waals surface area contributed by atoms with Crippen LogP contribution < -0.4 is 5.32 Å². The molecule has 7 heteroatoms. The van der Waals surface area contributed by atoms with Crippen molar-refractivity contribution in [1.29, 1.82) is 0 Å². The summed E-state index contributed by atoms with van der Waals surface area (Å²) >= 11 is 0. The van der Waals surface area contributed by atoms with Gasteiger partial charge in [0.05, 0.1) is 26.0 Å². The van der Waals surface area contributed by atoms with Crippen LogP contribution in [0.3, 0.4) is 0 Å². The molecular formula is C20H19N3O4. The van der Waals surface area contributed by atoms with E-state index >= 15 is 0 Å². The topological polar surface area (TPSA) is 81.9 Å². The molecule has 0 radical (unpaired) electrons. The molecule has 0 fully saturated rings. The smallest absolute Gasteiger partial charge is 0.354 e. The molecule has 0 unspecified atom stereocenters. The van der Waals surface area contributed by atoms with Crippen molar-refractivity contribution in [2.45, 2.75) is 6.92 Å². The van der Waals surface area contributed by atoms with Crippen molar-refractivity contribution in [2.75, 3.05) is 19.5 Å². The van der Waals surface area contributed by atoms with E-state index in [2.05, 4.69) is 15.0 Å². The van der Waals surface area contributed by atoms with Gasteiger partial charge in [0.15, 0.2) is 0 Å². The van der Waals surface area contributed by atoms with E-state index in [1.807, 2.05) is 54.0 Å². The Kier molecular flexibility index (Phi) is 5.21. The lowest BCUT2D eigenvalue weighted by molar-refractivity contribution is -0.138. The predicted molar refractivity (Wildman–Crippen MR) is 101 cm³/mol. The fraction of sp³-hybridized carbons (Fsp3) is 0.150. The highest BCUT2D eigenvalue weighted by Gasteiger charge is 2.13. The molecule has 2 aromatic heterocycles. The number of pyridine rings is 1. The van der Waals surface area contributed by atoms with Gasteiger partial charge in [-0.3, -0.25) is 0 Å². The number of esters is 2. The summed E-state index contributed by atoms with van der Waals surface area (Å²) in [6, 6.07) is 11.3. The predicted octanol–water partition coefficient (Wildman–Crippen LogP) is 2.95. The average molecular weight is 365 g/mol. The van der Waals surface area contributed by atoms with Gasteiger partial charge >= 0.3 is 11.9 Å². The molecule has 0 aliphatic rings. The Bertz CT molecular complexity index is 1040. The number of nitrogens with zero attached hydrogens (tertiary/aromatic N) is 2. The van der Waals surface area contributed by atoms with Crippen LogP contribution in [0.4, 0.5) is 5.69 Å². The first-order valence-corrected chi connectivity index (χ1v) is 8.21. The molecule has 0 spiro atoms. The molecule has 7 nitrogen and oxygen atoms in total. The summed E-state index contributed by atoms with van der Waals surface area (Å²) in [6.45, 7) is 2.00. The highest BCUT2D eigenvalue weighted by Crippen LogP contribution is 2.24. The second-order valence-corrected chi connectivity index (χ2v) is 5.83. The number of benzene rings is 1. The lowest BCUT2D eigenvalue weighted by Gasteiger charge is -2.10. The van der Waals surface area contributed by atoms with Gasteiger partial charge in [0.2, 0.25) is 0 Å². The fourth-order valence-electron chi connectivity index (χ4n) is 2.64. The highest BCUT2D eigenvalue weighted by atomic mass is 16.5. The van der Waals surface area contributed by atoms with Gasteiger partial charge in [-0.2, -0.15) is 0 Å². The van der Waals surface area contributed by atoms with E-state index in [1.54, 1.807) is 6.07 Å². The van der Waals surface area contributed by atoms with Gasteiger partial charge in [0, 0.05) is 23.6 Å². The lowest BCUT2D eigenvalue weighted by Crippen LogP contribution is -2.15. The number of anilines is 1. The Morgan fingerprint density at radius 3 is 2.67 bits per heavy atom. The first-order chi connectivity index (χ1) is 13.0. The fourth-order valence-corrected chi connectivity index (χ4v) is 2.64. The zero-order valence-corrected chi connectivity index (χ0v) is 15.2. The SMILES string of the molecule is COC(=O)/C=C(/Nc1cccc(-c2cn3cccc(C)c3n2)c1)C(=O)OC. The molecule has 0 saturated carbocycles. The third-order valence-electron chi connectivity index (χ3n) is 3.98. The Morgan fingerprint density at radius 2 is 1.96 bits per heavy atom. The van der Waals surface area contributed by atoms with Crippen LogP contribution in [0.1, 0.15) is 5.56 Å². The molecule has 0 atom stereocenters. The first-order valence-electron chi connectivity index (χ1n) is 8.21. The maximum Gasteiger partial charge on any atom is 0.354 e. The minimum atomic E-state index is -0.672. The van der Waals surface area contributed by atoms with Crippen LogP contribution in [0.15, 0.2) is 60.6 Å². The second kappa shape index (κ2) is 7.74. The molecular weight excluding hydrogens is 346 g/mol. The summed E-state index contributed by atoms with van der Waals surface area (Å²) in [5, 5.41) is 2.90. The number of imidazole rings is 1. The van der Waals surface area contributed by atoms with Gasteiger partial charge < -0.3 is 19.2 Å². The van der Waals surface area contributed by atoms with Gasteiger partial charge in [0.25, 0.3) is 0 Å². The van der Waals surface area contributed by atoms with Crippen molar-refractivity contribution in [3.8, 4) is 11.3 Å². The normalized spacial score (nSPS) is 11.3. The third kappa shape index (κ3) is 3.98. The van der Waals surface area contributed by atoms with Crippen LogP contribution in [0.5, 0.6) is 0 Å². The maximum atomic E-state index is 11.9. The molecule has 0 aliphatic heterocycles. The van der Waals surface area contributed by atoms with Crippen molar-refractivity contribution < 1.29 is 19.1 Å². The van der Waals surface area contributed by atoms with Gasteiger partial charge in [-0.15, -0.1) is 0 Å². The number of aromatic nitrogens is 2. The van der Waals surface area contributed by atoms with Crippen molar-refractivity contribution in [3.05, 3.63) is 66.1 Å². The first kappa shape index (κ1) is 18.2. The largest absolute Gasteiger partial charge is 0.466 e. The molecule has 2 heterocycles. The summed E-state index contributed by atoms with van der Waals surface area (Å²) in [4.78, 5) is 28.1. The van der Waals surface area contributed by atoms with Crippen molar-refractivity contribution in [3.63, 3.8) is 0 Å². The quantitative estimate of drug-likeness (QED) is 0.553. The molecule has 0 aliphatic carbocycles. The van der Waals surface area contributed by atoms with Crippen molar-refractivity contribution in [2.24, 2.45) is 0 Å². The molecule has 1 N–H and O–H groups in total. The van der Waals surface area contributed by atoms with Crippen molar-refractivity contribution >= 4 is 23.3 Å². The number of aryl methyl sites for hydroxylation is 1. The minimum absolute atomic E-state index is 0.0210. The molecule has 1 aromatic carbocycles. The summed E-state index contributed by atoms with van der Waals surface area (Å²) in [5.74, 6) is -1.33. The number of fused-ring (bicyclic) bond motifs is 1. The Balaban J connectivity index is 1.94. The van der Waals surface area contributed by atoms with Crippen LogP contribution in [0.25, 0.3) is 16.9 Å². The number of nitrogens with one attached hydrogen (secondary N) is 1. The van der Waals surface area contributed by atoms with Gasteiger partial charge in [-0.1, -0.05) is 18.2 Å². The third-order valence-corrected chi connectivity index (χ3v) is 3.98. The Morgan fingerprint density at radius 1 is 1.15 bits per heavy atom. The molecule has 3 rings (SSSR count). The summed E-state index contributed by atoms with van der Waals surface area (Å²) in [5.41, 5.74) is 4.21. The molecule has 3 aromatic rings. The van der Waals surface area contributed by atoms with Crippen LogP contribution in [-0.2, 0) is 19.1 Å². The van der Waals surface area contributed by atoms with E-state index in [0.29, 0.717) is 5.69 Å². The van der Waals surface area contributed by atoms with E-state index in [-0.39, 0.29) is 5.70 Å². The number of rotatable bonds is 5. The van der Waals surface area contributed by atoms with Crippen LogP contribution in [0, 0.1) is 6.92 Å². The monoisotopic (exact) mass is 365 g/mol. The van der Waals surface area contributed by atoms with E-state index in [4.69, 9.17) is 4.74 Å². The maximum absolute atomic E-state index is 11.9. The second-order valence-electron chi connectivity index (χ2n) is 5.83. The average Bonchev–Trinajstić information content (AvgIpc) is 3.13. The van der Waals surface area contributed by atoms with Gasteiger partial charge in [0.1, 0.15) is 11.3 Å². The number of ether oxygens (including phenoxy) is 2. The molecule has 138 valence electrons. The molecule has 0 amide bonds. The van der Waals surface area contributed by atoms with Crippen LogP contribution in [-0.4, -0.2) is 35.5 Å². The standard InChI is InChI=1S/C20H19N3O4/c1-13-6-5-9-23-12-17(22-19(13)23)14-7-4-8-15(10-14)21-16(20(25)27-3)11-18(24)26-2/h4-12,21H,1-3H3/b16-11+. The van der Waals surface area contributed by atoms with Gasteiger partial charge in [-0.05, 0) is 30.7 Å². The minimum Gasteiger partial charge on any atom is -0.466 e. The van der Waals surface area contributed by atoms with E-state index in [9.17, 15) is 9.59 Å². The van der Waals surface area contributed by atoms with Gasteiger partial charge in [-0.25, -0.2) is 14.6 Å². The van der Waals surface area contributed by atoms with E-state index in [0.717, 1.165) is 28.5 Å². The molecule has 0 bridgehead atoms. The summed E-state index contributed by atoms with van der Waals surface area (Å²) < 4.78 is 11.2. The molecule has 0 saturated heterocycles. The van der Waals surface area contributed by atoms with Crippen molar-refractivity contribution in [1.82, 2.24) is 9.38 Å². The Hall–Kier alpha value is -3.61. The zero-order chi connectivity index (χ0) is 19.4. The highest BCUT2D eigenvalue weighted by molar-refractivity contribution is 5.98. The number of hydrogen-bond donors (Lipinski definition) is 1. The number of carbonyl (C=O) groups excluding carboxylic acids is 2. The molecule has 27 heavy (non-hydrogen) atoms. The summed E-state index contributed by atoms with van der Waals surface area (Å²) in [6.07, 6.45) is 4.93. The lowest BCUT2D eigenvalue weighted by atomic mass is 10.1. The van der Waals surface area contributed by atoms with Crippen LogP contribution >= 0.6 is 0 Å². The zero-order valence-electron chi connectivity index (χ0n) is 15.2. The van der Waals surface area contributed by atoms with E-state index in [1.165, 1.54) is 14.2 Å².